The normalized spacial score (nSPS) is 13.4. The molecule has 3 heteroatoms. The van der Waals surface area contributed by atoms with Crippen molar-refractivity contribution in [3.05, 3.63) is 56.7 Å². The lowest BCUT2D eigenvalue weighted by atomic mass is 9.81. The molecule has 0 amide bonds. The number of hydrogen-bond acceptors (Lipinski definition) is 2. The fourth-order valence-corrected chi connectivity index (χ4v) is 3.64. The lowest BCUT2D eigenvalue weighted by Crippen LogP contribution is -2.25. The monoisotopic (exact) mass is 307 g/mol. The van der Waals surface area contributed by atoms with Crippen LogP contribution < -0.4 is 5.32 Å². The van der Waals surface area contributed by atoms with Gasteiger partial charge in [0.05, 0.1) is 10.4 Å². The van der Waals surface area contributed by atoms with Crippen molar-refractivity contribution in [2.24, 2.45) is 0 Å². The van der Waals surface area contributed by atoms with Crippen molar-refractivity contribution in [1.82, 2.24) is 5.32 Å². The van der Waals surface area contributed by atoms with Crippen molar-refractivity contribution in [2.45, 2.75) is 39.2 Å². The van der Waals surface area contributed by atoms with E-state index in [4.69, 9.17) is 11.6 Å². The van der Waals surface area contributed by atoms with Gasteiger partial charge in [0.1, 0.15) is 0 Å². The van der Waals surface area contributed by atoms with Crippen LogP contribution in [-0.2, 0) is 5.41 Å². The third-order valence-electron chi connectivity index (χ3n) is 3.37. The summed E-state index contributed by atoms with van der Waals surface area (Å²) in [5.74, 6) is 0. The maximum atomic E-state index is 6.11. The molecule has 0 aliphatic carbocycles. The van der Waals surface area contributed by atoms with Crippen LogP contribution in [0.5, 0.6) is 0 Å². The number of nitrogens with one attached hydrogen (secondary N) is 1. The van der Waals surface area contributed by atoms with Crippen LogP contribution in [0.1, 0.15) is 49.7 Å². The van der Waals surface area contributed by atoms with Gasteiger partial charge in [0.15, 0.2) is 0 Å². The summed E-state index contributed by atoms with van der Waals surface area (Å²) in [4.78, 5) is 1.27. The minimum Gasteiger partial charge on any atom is -0.306 e. The largest absolute Gasteiger partial charge is 0.306 e. The van der Waals surface area contributed by atoms with E-state index in [9.17, 15) is 0 Å². The lowest BCUT2D eigenvalue weighted by molar-refractivity contribution is 0.559. The maximum absolute atomic E-state index is 6.11. The summed E-state index contributed by atoms with van der Waals surface area (Å²) in [6.07, 6.45) is 0. The van der Waals surface area contributed by atoms with Crippen molar-refractivity contribution in [3.63, 3.8) is 0 Å². The molecule has 0 bridgehead atoms. The van der Waals surface area contributed by atoms with Crippen LogP contribution in [0.2, 0.25) is 4.34 Å². The third-order valence-corrected chi connectivity index (χ3v) is 4.66. The summed E-state index contributed by atoms with van der Waals surface area (Å²) >= 11 is 7.77. The number of halogens is 1. The predicted octanol–water partition coefficient (Wildman–Crippen LogP) is 5.40. The molecule has 1 aromatic heterocycles. The highest BCUT2D eigenvalue weighted by Gasteiger charge is 2.24. The molecule has 0 saturated heterocycles. The summed E-state index contributed by atoms with van der Waals surface area (Å²) in [7, 11) is 0. The van der Waals surface area contributed by atoms with Gasteiger partial charge in [-0.2, -0.15) is 0 Å². The van der Waals surface area contributed by atoms with Crippen molar-refractivity contribution < 1.29 is 0 Å². The molecule has 0 fully saturated rings. The van der Waals surface area contributed by atoms with E-state index in [0.29, 0.717) is 0 Å². The zero-order valence-electron chi connectivity index (χ0n) is 12.5. The van der Waals surface area contributed by atoms with E-state index in [1.807, 2.05) is 6.07 Å². The Labute approximate surface area is 131 Å². The zero-order valence-corrected chi connectivity index (χ0v) is 14.1. The first-order chi connectivity index (χ1) is 9.43. The number of thiophene rings is 1. The Morgan fingerprint density at radius 2 is 1.85 bits per heavy atom. The Morgan fingerprint density at radius 3 is 2.40 bits per heavy atom. The van der Waals surface area contributed by atoms with E-state index in [1.165, 1.54) is 16.0 Å². The molecule has 1 N–H and O–H groups in total. The second-order valence-corrected chi connectivity index (χ2v) is 7.72. The SMILES string of the molecule is CCNC(c1ccc(Cl)s1)c1ccccc1C(C)(C)C. The second-order valence-electron chi connectivity index (χ2n) is 5.97. The van der Waals surface area contributed by atoms with Crippen LogP contribution >= 0.6 is 22.9 Å². The Morgan fingerprint density at radius 1 is 1.15 bits per heavy atom. The van der Waals surface area contributed by atoms with Crippen LogP contribution in [0.25, 0.3) is 0 Å². The van der Waals surface area contributed by atoms with Crippen molar-refractivity contribution >= 4 is 22.9 Å². The highest BCUT2D eigenvalue weighted by atomic mass is 35.5. The molecule has 0 aliphatic rings. The van der Waals surface area contributed by atoms with Gasteiger partial charge < -0.3 is 5.32 Å². The number of benzene rings is 1. The van der Waals surface area contributed by atoms with Gasteiger partial charge >= 0.3 is 0 Å². The molecular formula is C17H22ClNS. The molecule has 1 atom stereocenters. The van der Waals surface area contributed by atoms with Gasteiger partial charge in [0, 0.05) is 4.88 Å². The lowest BCUT2D eigenvalue weighted by Gasteiger charge is -2.27. The molecule has 2 rings (SSSR count). The zero-order chi connectivity index (χ0) is 14.8. The fourth-order valence-electron chi connectivity index (χ4n) is 2.48. The Kier molecular flexibility index (Phi) is 4.90. The van der Waals surface area contributed by atoms with Crippen LogP contribution in [0, 0.1) is 0 Å². The molecule has 0 aliphatic heterocycles. The maximum Gasteiger partial charge on any atom is 0.0931 e. The van der Waals surface area contributed by atoms with Gasteiger partial charge in [0.2, 0.25) is 0 Å². The number of rotatable bonds is 4. The van der Waals surface area contributed by atoms with E-state index in [-0.39, 0.29) is 11.5 Å². The summed E-state index contributed by atoms with van der Waals surface area (Å²) in [6, 6.07) is 13.0. The van der Waals surface area contributed by atoms with Crippen molar-refractivity contribution in [1.29, 1.82) is 0 Å². The highest BCUT2D eigenvalue weighted by molar-refractivity contribution is 7.16. The first kappa shape index (κ1) is 15.6. The van der Waals surface area contributed by atoms with E-state index in [2.05, 4.69) is 63.3 Å². The van der Waals surface area contributed by atoms with E-state index in [1.54, 1.807) is 11.3 Å². The topological polar surface area (TPSA) is 12.0 Å². The van der Waals surface area contributed by atoms with Gasteiger partial charge in [-0.15, -0.1) is 11.3 Å². The van der Waals surface area contributed by atoms with Gasteiger partial charge in [-0.3, -0.25) is 0 Å². The number of hydrogen-bond donors (Lipinski definition) is 1. The van der Waals surface area contributed by atoms with E-state index >= 15 is 0 Å². The molecule has 1 nitrogen and oxygen atoms in total. The molecule has 108 valence electrons. The van der Waals surface area contributed by atoms with Gasteiger partial charge in [-0.05, 0) is 35.2 Å². The Bertz CT molecular complexity index is 568. The first-order valence-corrected chi connectivity index (χ1v) is 8.21. The molecule has 20 heavy (non-hydrogen) atoms. The van der Waals surface area contributed by atoms with Crippen LogP contribution in [0.4, 0.5) is 0 Å². The quantitative estimate of drug-likeness (QED) is 0.797. The Balaban J connectivity index is 2.50. The first-order valence-electron chi connectivity index (χ1n) is 7.01. The average Bonchev–Trinajstić information content (AvgIpc) is 2.81. The highest BCUT2D eigenvalue weighted by Crippen LogP contribution is 2.36. The van der Waals surface area contributed by atoms with Gasteiger partial charge in [0.25, 0.3) is 0 Å². The summed E-state index contributed by atoms with van der Waals surface area (Å²) in [5.41, 5.74) is 2.86. The van der Waals surface area contributed by atoms with Crippen LogP contribution in [0.15, 0.2) is 36.4 Å². The third kappa shape index (κ3) is 3.43. The molecule has 1 unspecified atom stereocenters. The predicted molar refractivity (Wildman–Crippen MR) is 90.0 cm³/mol. The minimum absolute atomic E-state index is 0.130. The van der Waals surface area contributed by atoms with E-state index in [0.717, 1.165) is 10.9 Å². The smallest absolute Gasteiger partial charge is 0.0931 e. The second kappa shape index (κ2) is 6.30. The van der Waals surface area contributed by atoms with Gasteiger partial charge in [-0.1, -0.05) is 63.6 Å². The fraction of sp³-hybridized carbons (Fsp3) is 0.412. The summed E-state index contributed by atoms with van der Waals surface area (Å²) < 4.78 is 0.844. The molecule has 2 aromatic rings. The molecule has 1 aromatic carbocycles. The minimum atomic E-state index is 0.130. The van der Waals surface area contributed by atoms with Gasteiger partial charge in [-0.25, -0.2) is 0 Å². The molecule has 1 heterocycles. The van der Waals surface area contributed by atoms with Crippen molar-refractivity contribution in [2.75, 3.05) is 6.54 Å². The molecule has 0 radical (unpaired) electrons. The summed E-state index contributed by atoms with van der Waals surface area (Å²) in [5, 5.41) is 3.59. The Hall–Kier alpha value is -0.830. The molecule has 0 spiro atoms. The standard InChI is InChI=1S/C17H22ClNS/c1-5-19-16(14-10-11-15(18)20-14)12-8-6-7-9-13(12)17(2,3)4/h6-11,16,19H,5H2,1-4H3. The molecular weight excluding hydrogens is 286 g/mol. The van der Waals surface area contributed by atoms with Crippen molar-refractivity contribution in [3.8, 4) is 0 Å². The molecule has 0 saturated carbocycles. The summed E-state index contributed by atoms with van der Waals surface area (Å²) in [6.45, 7) is 9.85. The average molecular weight is 308 g/mol. The van der Waals surface area contributed by atoms with Crippen LogP contribution in [-0.4, -0.2) is 6.54 Å². The van der Waals surface area contributed by atoms with E-state index < -0.39 is 0 Å². The van der Waals surface area contributed by atoms with Crippen LogP contribution in [0.3, 0.4) is 0 Å².